The predicted octanol–water partition coefficient (Wildman–Crippen LogP) is 3.76. The van der Waals surface area contributed by atoms with Gasteiger partial charge in [-0.05, 0) is 47.5 Å². The van der Waals surface area contributed by atoms with Crippen LogP contribution >= 0.6 is 11.8 Å². The van der Waals surface area contributed by atoms with Crippen molar-refractivity contribution >= 4 is 29.3 Å². The van der Waals surface area contributed by atoms with Crippen molar-refractivity contribution in [1.82, 2.24) is 25.5 Å². The number of carbonyl (C=O) groups is 2. The molecule has 3 aromatic rings. The molecule has 0 spiro atoms. The first-order chi connectivity index (χ1) is 15.0. The van der Waals surface area contributed by atoms with Gasteiger partial charge in [0.25, 0.3) is 0 Å². The van der Waals surface area contributed by atoms with Gasteiger partial charge in [-0.15, -0.1) is 5.10 Å². The van der Waals surface area contributed by atoms with Crippen molar-refractivity contribution in [3.63, 3.8) is 0 Å². The number of carbonyl (C=O) groups excluding carboxylic acids is 2. The summed E-state index contributed by atoms with van der Waals surface area (Å²) in [4.78, 5) is 24.2. The summed E-state index contributed by atoms with van der Waals surface area (Å²) in [6, 6.07) is 17.2. The molecule has 0 saturated heterocycles. The lowest BCUT2D eigenvalue weighted by atomic mass is 10.0. The molecule has 0 aliphatic heterocycles. The smallest absolute Gasteiger partial charge is 0.233 e. The molecule has 9 heteroatoms. The summed E-state index contributed by atoms with van der Waals surface area (Å²) >= 11 is 1.28. The van der Waals surface area contributed by atoms with Gasteiger partial charge in [0.05, 0.1) is 17.0 Å². The van der Waals surface area contributed by atoms with Crippen LogP contribution in [-0.4, -0.2) is 37.3 Å². The number of tetrazole rings is 1. The minimum absolute atomic E-state index is 0.0351. The van der Waals surface area contributed by atoms with Crippen LogP contribution < -0.4 is 10.6 Å². The molecule has 3 rings (SSSR count). The molecule has 8 nitrogen and oxygen atoms in total. The maximum absolute atomic E-state index is 12.9. The van der Waals surface area contributed by atoms with Crippen LogP contribution in [0.5, 0.6) is 0 Å². The van der Waals surface area contributed by atoms with Crippen molar-refractivity contribution in [2.75, 3.05) is 5.32 Å². The molecule has 0 aliphatic rings. The van der Waals surface area contributed by atoms with E-state index in [-0.39, 0.29) is 17.9 Å². The van der Waals surface area contributed by atoms with Crippen LogP contribution in [0.15, 0.2) is 59.8 Å². The summed E-state index contributed by atoms with van der Waals surface area (Å²) in [7, 11) is 0. The van der Waals surface area contributed by atoms with E-state index in [0.29, 0.717) is 16.5 Å². The van der Waals surface area contributed by atoms with Crippen LogP contribution in [-0.2, 0) is 9.59 Å². The maximum Gasteiger partial charge on any atom is 0.233 e. The third-order valence-corrected chi connectivity index (χ3v) is 5.63. The first-order valence-electron chi connectivity index (χ1n) is 10.2. The van der Waals surface area contributed by atoms with Gasteiger partial charge < -0.3 is 10.6 Å². The van der Waals surface area contributed by atoms with Crippen LogP contribution in [0.25, 0.3) is 5.69 Å². The van der Waals surface area contributed by atoms with E-state index in [1.54, 1.807) is 16.8 Å². The van der Waals surface area contributed by atoms with Gasteiger partial charge in [0.1, 0.15) is 0 Å². The number of thioether (sulfide) groups is 1. The van der Waals surface area contributed by atoms with Crippen LogP contribution in [0.1, 0.15) is 45.2 Å². The Balaban J connectivity index is 1.71. The lowest BCUT2D eigenvalue weighted by Gasteiger charge is -2.21. The standard InChI is InChI=1S/C22H26N6O2S/c1-4-9-20(17-10-6-5-7-11-17)24-21(30)15(2)31-22-25-26-27-28(22)19-13-8-12-18(14-19)23-16(3)29/h5-8,10-15,20H,4,9H2,1-3H3,(H,23,29)(H,24,30). The first-order valence-corrected chi connectivity index (χ1v) is 11.0. The zero-order valence-electron chi connectivity index (χ0n) is 17.8. The molecular formula is C22H26N6O2S. The van der Waals surface area contributed by atoms with Gasteiger partial charge in [-0.1, -0.05) is 61.5 Å². The molecule has 2 N–H and O–H groups in total. The summed E-state index contributed by atoms with van der Waals surface area (Å²) < 4.78 is 1.56. The van der Waals surface area contributed by atoms with E-state index in [1.807, 2.05) is 49.4 Å². The van der Waals surface area contributed by atoms with Crippen LogP contribution in [0.3, 0.4) is 0 Å². The number of nitrogens with one attached hydrogen (secondary N) is 2. The van der Waals surface area contributed by atoms with E-state index in [9.17, 15) is 9.59 Å². The SMILES string of the molecule is CCCC(NC(=O)C(C)Sc1nnnn1-c1cccc(NC(C)=O)c1)c1ccccc1. The molecule has 0 radical (unpaired) electrons. The number of anilines is 1. The highest BCUT2D eigenvalue weighted by Crippen LogP contribution is 2.25. The molecule has 2 atom stereocenters. The maximum atomic E-state index is 12.9. The number of nitrogens with zero attached hydrogens (tertiary/aromatic N) is 4. The average molecular weight is 439 g/mol. The molecule has 0 aliphatic carbocycles. The van der Waals surface area contributed by atoms with E-state index < -0.39 is 5.25 Å². The van der Waals surface area contributed by atoms with Crippen molar-refractivity contribution in [3.8, 4) is 5.69 Å². The lowest BCUT2D eigenvalue weighted by Crippen LogP contribution is -2.34. The van der Waals surface area contributed by atoms with Crippen LogP contribution in [0.2, 0.25) is 0 Å². The first kappa shape index (κ1) is 22.5. The third-order valence-electron chi connectivity index (χ3n) is 4.60. The third kappa shape index (κ3) is 6.14. The Hall–Kier alpha value is -3.20. The number of rotatable bonds is 9. The minimum atomic E-state index is -0.397. The molecule has 2 aromatic carbocycles. The zero-order valence-corrected chi connectivity index (χ0v) is 18.6. The van der Waals surface area contributed by atoms with E-state index >= 15 is 0 Å². The summed E-state index contributed by atoms with van der Waals surface area (Å²) in [6.45, 7) is 5.39. The Bertz CT molecular complexity index is 1020. The molecule has 1 heterocycles. The number of hydrogen-bond donors (Lipinski definition) is 2. The van der Waals surface area contributed by atoms with Crippen LogP contribution in [0.4, 0.5) is 5.69 Å². The topological polar surface area (TPSA) is 102 Å². The molecule has 0 bridgehead atoms. The normalized spacial score (nSPS) is 12.7. The molecular weight excluding hydrogens is 412 g/mol. The van der Waals surface area contributed by atoms with Gasteiger partial charge >= 0.3 is 0 Å². The quantitative estimate of drug-likeness (QED) is 0.493. The van der Waals surface area contributed by atoms with E-state index in [1.165, 1.54) is 18.7 Å². The second-order valence-corrected chi connectivity index (χ2v) is 8.43. The van der Waals surface area contributed by atoms with E-state index in [4.69, 9.17) is 0 Å². The number of aromatic nitrogens is 4. The highest BCUT2D eigenvalue weighted by Gasteiger charge is 2.22. The van der Waals surface area contributed by atoms with Crippen molar-refractivity contribution < 1.29 is 9.59 Å². The fraction of sp³-hybridized carbons (Fsp3) is 0.318. The van der Waals surface area contributed by atoms with Gasteiger partial charge in [-0.2, -0.15) is 4.68 Å². The lowest BCUT2D eigenvalue weighted by molar-refractivity contribution is -0.121. The molecule has 2 unspecified atom stereocenters. The highest BCUT2D eigenvalue weighted by atomic mass is 32.2. The van der Waals surface area contributed by atoms with Crippen molar-refractivity contribution in [1.29, 1.82) is 0 Å². The molecule has 1 aromatic heterocycles. The van der Waals surface area contributed by atoms with Crippen molar-refractivity contribution in [2.24, 2.45) is 0 Å². The van der Waals surface area contributed by atoms with Gasteiger partial charge in [0, 0.05) is 12.6 Å². The summed E-state index contributed by atoms with van der Waals surface area (Å²) in [5.74, 6) is -0.234. The second-order valence-electron chi connectivity index (χ2n) is 7.13. The summed E-state index contributed by atoms with van der Waals surface area (Å²) in [5.41, 5.74) is 2.43. The summed E-state index contributed by atoms with van der Waals surface area (Å²) in [6.07, 6.45) is 1.82. The van der Waals surface area contributed by atoms with Gasteiger partial charge in [-0.25, -0.2) is 0 Å². The van der Waals surface area contributed by atoms with Crippen molar-refractivity contribution in [2.45, 2.75) is 50.1 Å². The second kappa shape index (κ2) is 10.7. The van der Waals surface area contributed by atoms with Gasteiger partial charge in [0.15, 0.2) is 0 Å². The highest BCUT2D eigenvalue weighted by molar-refractivity contribution is 8.00. The van der Waals surface area contributed by atoms with Crippen LogP contribution in [0, 0.1) is 0 Å². The van der Waals surface area contributed by atoms with E-state index in [0.717, 1.165) is 18.4 Å². The molecule has 31 heavy (non-hydrogen) atoms. The molecule has 0 fully saturated rings. The number of benzene rings is 2. The Morgan fingerprint density at radius 2 is 1.90 bits per heavy atom. The Morgan fingerprint density at radius 3 is 2.61 bits per heavy atom. The predicted molar refractivity (Wildman–Crippen MR) is 121 cm³/mol. The number of amides is 2. The monoisotopic (exact) mass is 438 g/mol. The zero-order chi connectivity index (χ0) is 22.2. The van der Waals surface area contributed by atoms with Gasteiger partial charge in [0.2, 0.25) is 17.0 Å². The van der Waals surface area contributed by atoms with E-state index in [2.05, 4.69) is 33.1 Å². The largest absolute Gasteiger partial charge is 0.348 e. The van der Waals surface area contributed by atoms with Gasteiger partial charge in [-0.3, -0.25) is 9.59 Å². The fourth-order valence-electron chi connectivity index (χ4n) is 3.13. The fourth-order valence-corrected chi connectivity index (χ4v) is 3.95. The number of hydrogen-bond acceptors (Lipinski definition) is 6. The Morgan fingerprint density at radius 1 is 1.13 bits per heavy atom. The molecule has 2 amide bonds. The molecule has 0 saturated carbocycles. The Labute approximate surface area is 185 Å². The minimum Gasteiger partial charge on any atom is -0.348 e. The Kier molecular flexibility index (Phi) is 7.77. The van der Waals surface area contributed by atoms with Crippen molar-refractivity contribution in [3.05, 3.63) is 60.2 Å². The summed E-state index contributed by atoms with van der Waals surface area (Å²) in [5, 5.41) is 17.9. The average Bonchev–Trinajstić information content (AvgIpc) is 3.22. The molecule has 162 valence electrons.